The minimum Gasteiger partial charge on any atom is -0.493 e. The molecule has 3 heterocycles. The molecule has 1 saturated carbocycles. The number of fused-ring (bicyclic) bond motifs is 5. The first kappa shape index (κ1) is 25.4. The van der Waals surface area contributed by atoms with E-state index in [0.29, 0.717) is 24.0 Å². The standard InChI is InChI=1S/C32H41N3O3/c1-37-32(36)25-13-14-26-28(20-25)35-21-23(8-7-17-34-18-15-33-16-19-34)22-38-29-12-6-5-11-27(29)31(35)30(26)24-9-3-2-4-10-24/h5-6,11-14,20,23-24,33H,2-4,7-10,15-19,21-22H2,1H3. The molecule has 38 heavy (non-hydrogen) atoms. The number of methoxy groups -OCH3 is 1. The lowest BCUT2D eigenvalue weighted by Crippen LogP contribution is -2.43. The number of piperazine rings is 1. The van der Waals surface area contributed by atoms with E-state index in [-0.39, 0.29) is 5.97 Å². The molecule has 1 aliphatic carbocycles. The van der Waals surface area contributed by atoms with Gasteiger partial charge < -0.3 is 24.3 Å². The van der Waals surface area contributed by atoms with Gasteiger partial charge in [-0.25, -0.2) is 4.79 Å². The molecule has 3 aliphatic rings. The second kappa shape index (κ2) is 11.5. The van der Waals surface area contributed by atoms with E-state index < -0.39 is 0 Å². The maximum Gasteiger partial charge on any atom is 0.337 e. The number of esters is 1. The molecule has 1 atom stereocenters. The molecule has 0 spiro atoms. The van der Waals surface area contributed by atoms with Crippen LogP contribution >= 0.6 is 0 Å². The van der Waals surface area contributed by atoms with Crippen molar-refractivity contribution in [2.24, 2.45) is 5.92 Å². The van der Waals surface area contributed by atoms with Crippen LogP contribution in [-0.4, -0.2) is 61.9 Å². The van der Waals surface area contributed by atoms with Crippen LogP contribution in [0, 0.1) is 5.92 Å². The molecule has 2 fully saturated rings. The van der Waals surface area contributed by atoms with Gasteiger partial charge in [0, 0.05) is 55.1 Å². The van der Waals surface area contributed by atoms with E-state index in [1.165, 1.54) is 67.8 Å². The monoisotopic (exact) mass is 515 g/mol. The van der Waals surface area contributed by atoms with Crippen molar-refractivity contribution in [3.05, 3.63) is 53.6 Å². The number of nitrogens with zero attached hydrogens (tertiary/aromatic N) is 2. The Morgan fingerprint density at radius 1 is 1.08 bits per heavy atom. The van der Waals surface area contributed by atoms with Gasteiger partial charge in [-0.2, -0.15) is 0 Å². The highest BCUT2D eigenvalue weighted by Gasteiger charge is 2.30. The molecule has 2 aromatic carbocycles. The van der Waals surface area contributed by atoms with Crippen molar-refractivity contribution < 1.29 is 14.3 Å². The number of para-hydroxylation sites is 1. The maximum absolute atomic E-state index is 12.6. The molecule has 6 heteroatoms. The lowest BCUT2D eigenvalue weighted by atomic mass is 9.81. The highest BCUT2D eigenvalue weighted by atomic mass is 16.5. The second-order valence-corrected chi connectivity index (χ2v) is 11.3. The quantitative estimate of drug-likeness (QED) is 0.418. The van der Waals surface area contributed by atoms with Crippen LogP contribution in [0.2, 0.25) is 0 Å². The van der Waals surface area contributed by atoms with Crippen LogP contribution in [0.1, 0.15) is 66.8 Å². The number of aromatic nitrogens is 1. The van der Waals surface area contributed by atoms with Crippen LogP contribution in [0.15, 0.2) is 42.5 Å². The SMILES string of the molecule is COC(=O)c1ccc2c(C3CCCCC3)c3n(c2c1)CC(CCCN1CCNCC1)COc1ccccc1-3. The van der Waals surface area contributed by atoms with Crippen LogP contribution in [-0.2, 0) is 11.3 Å². The van der Waals surface area contributed by atoms with Gasteiger partial charge in [0.15, 0.2) is 0 Å². The number of ether oxygens (including phenoxy) is 2. The minimum atomic E-state index is -0.274. The van der Waals surface area contributed by atoms with Gasteiger partial charge in [0.05, 0.1) is 25.0 Å². The van der Waals surface area contributed by atoms with Gasteiger partial charge in [-0.3, -0.25) is 0 Å². The van der Waals surface area contributed by atoms with Crippen molar-refractivity contribution in [2.75, 3.05) is 46.4 Å². The van der Waals surface area contributed by atoms with Crippen molar-refractivity contribution in [1.82, 2.24) is 14.8 Å². The number of hydrogen-bond donors (Lipinski definition) is 1. The van der Waals surface area contributed by atoms with Crippen LogP contribution in [0.25, 0.3) is 22.2 Å². The summed E-state index contributed by atoms with van der Waals surface area (Å²) in [6.45, 7) is 7.23. The number of hydrogen-bond acceptors (Lipinski definition) is 5. The Morgan fingerprint density at radius 3 is 2.71 bits per heavy atom. The third kappa shape index (κ3) is 5.08. The van der Waals surface area contributed by atoms with E-state index in [9.17, 15) is 4.79 Å². The summed E-state index contributed by atoms with van der Waals surface area (Å²) in [4.78, 5) is 15.1. The molecule has 1 unspecified atom stereocenters. The summed E-state index contributed by atoms with van der Waals surface area (Å²) in [5.74, 6) is 1.64. The lowest BCUT2D eigenvalue weighted by Gasteiger charge is -2.29. The summed E-state index contributed by atoms with van der Waals surface area (Å²) in [7, 11) is 1.46. The Hall–Kier alpha value is -2.83. The van der Waals surface area contributed by atoms with E-state index >= 15 is 0 Å². The molecule has 2 aliphatic heterocycles. The molecule has 0 radical (unpaired) electrons. The average molecular weight is 516 g/mol. The predicted octanol–water partition coefficient (Wildman–Crippen LogP) is 5.84. The van der Waals surface area contributed by atoms with Crippen molar-refractivity contribution >= 4 is 16.9 Å². The predicted molar refractivity (Wildman–Crippen MR) is 152 cm³/mol. The third-order valence-corrected chi connectivity index (χ3v) is 8.89. The van der Waals surface area contributed by atoms with Crippen molar-refractivity contribution in [3.8, 4) is 17.0 Å². The summed E-state index contributed by atoms with van der Waals surface area (Å²) in [5.41, 5.74) is 5.72. The van der Waals surface area contributed by atoms with Crippen molar-refractivity contribution in [3.63, 3.8) is 0 Å². The fourth-order valence-electron chi connectivity index (χ4n) is 6.93. The molecule has 6 rings (SSSR count). The number of carbonyl (C=O) groups is 1. The smallest absolute Gasteiger partial charge is 0.337 e. The Balaban J connectivity index is 1.43. The first-order chi connectivity index (χ1) is 18.7. The zero-order valence-electron chi connectivity index (χ0n) is 22.7. The van der Waals surface area contributed by atoms with E-state index in [1.54, 1.807) is 0 Å². The first-order valence-electron chi connectivity index (χ1n) is 14.6. The topological polar surface area (TPSA) is 55.7 Å². The van der Waals surface area contributed by atoms with Gasteiger partial charge in [-0.05, 0) is 68.0 Å². The van der Waals surface area contributed by atoms with Gasteiger partial charge in [-0.1, -0.05) is 37.5 Å². The fraction of sp³-hybridized carbons (Fsp3) is 0.531. The number of nitrogens with one attached hydrogen (secondary N) is 1. The average Bonchev–Trinajstić information content (AvgIpc) is 3.28. The summed E-state index contributed by atoms with van der Waals surface area (Å²) in [6.07, 6.45) is 8.64. The van der Waals surface area contributed by atoms with Gasteiger partial charge in [0.25, 0.3) is 0 Å². The molecule has 6 nitrogen and oxygen atoms in total. The van der Waals surface area contributed by atoms with E-state index in [0.717, 1.165) is 57.0 Å². The Morgan fingerprint density at radius 2 is 1.89 bits per heavy atom. The van der Waals surface area contributed by atoms with E-state index in [1.807, 2.05) is 6.07 Å². The zero-order chi connectivity index (χ0) is 25.9. The molecule has 1 saturated heterocycles. The highest BCUT2D eigenvalue weighted by Crippen LogP contribution is 2.47. The van der Waals surface area contributed by atoms with Gasteiger partial charge >= 0.3 is 5.97 Å². The van der Waals surface area contributed by atoms with E-state index in [2.05, 4.69) is 51.2 Å². The number of rotatable bonds is 6. The second-order valence-electron chi connectivity index (χ2n) is 11.3. The molecule has 1 aromatic heterocycles. The highest BCUT2D eigenvalue weighted by molar-refractivity contribution is 5.99. The molecule has 0 bridgehead atoms. The maximum atomic E-state index is 12.6. The molecular formula is C32H41N3O3. The molecule has 3 aromatic rings. The van der Waals surface area contributed by atoms with Gasteiger partial charge in [-0.15, -0.1) is 0 Å². The first-order valence-corrected chi connectivity index (χ1v) is 14.6. The minimum absolute atomic E-state index is 0.274. The Labute approximate surface area is 226 Å². The van der Waals surface area contributed by atoms with Crippen LogP contribution in [0.3, 0.4) is 0 Å². The normalized spacial score (nSPS) is 20.7. The fourth-order valence-corrected chi connectivity index (χ4v) is 6.93. The van der Waals surface area contributed by atoms with E-state index in [4.69, 9.17) is 9.47 Å². The summed E-state index contributed by atoms with van der Waals surface area (Å²) >= 11 is 0. The molecule has 1 N–H and O–H groups in total. The Kier molecular flexibility index (Phi) is 7.70. The summed E-state index contributed by atoms with van der Waals surface area (Å²) < 4.78 is 14.2. The zero-order valence-corrected chi connectivity index (χ0v) is 22.7. The largest absolute Gasteiger partial charge is 0.493 e. The number of carbonyl (C=O) groups excluding carboxylic acids is 1. The summed E-state index contributed by atoms with van der Waals surface area (Å²) in [5, 5.41) is 4.74. The third-order valence-electron chi connectivity index (χ3n) is 8.89. The lowest BCUT2D eigenvalue weighted by molar-refractivity contribution is 0.0601. The van der Waals surface area contributed by atoms with Crippen LogP contribution in [0.5, 0.6) is 5.75 Å². The molecular weight excluding hydrogens is 474 g/mol. The van der Waals surface area contributed by atoms with Crippen LogP contribution in [0.4, 0.5) is 0 Å². The molecule has 0 amide bonds. The van der Waals surface area contributed by atoms with Crippen molar-refractivity contribution in [2.45, 2.75) is 57.4 Å². The van der Waals surface area contributed by atoms with Gasteiger partial charge in [0.2, 0.25) is 0 Å². The molecule has 202 valence electrons. The van der Waals surface area contributed by atoms with Crippen LogP contribution < -0.4 is 10.1 Å². The Bertz CT molecular complexity index is 1270. The van der Waals surface area contributed by atoms with Crippen molar-refractivity contribution in [1.29, 1.82) is 0 Å². The summed E-state index contributed by atoms with van der Waals surface area (Å²) in [6, 6.07) is 14.8. The number of benzene rings is 2. The van der Waals surface area contributed by atoms with Gasteiger partial charge in [0.1, 0.15) is 5.75 Å².